The maximum Gasteiger partial charge on any atom is 0.357 e. The first-order valence-electron chi connectivity index (χ1n) is 4.58. The van der Waals surface area contributed by atoms with Crippen LogP contribution in [0.3, 0.4) is 0 Å². The van der Waals surface area contributed by atoms with E-state index in [1.165, 1.54) is 6.07 Å². The van der Waals surface area contributed by atoms with Crippen LogP contribution in [-0.4, -0.2) is 18.1 Å². The molecule has 0 atom stereocenters. The van der Waals surface area contributed by atoms with Crippen LogP contribution in [0.25, 0.3) is 0 Å². The van der Waals surface area contributed by atoms with Crippen LogP contribution in [0.4, 0.5) is 8.78 Å². The molecular formula is C10H12F2N2O2. The number of ether oxygens (including phenoxy) is 1. The Morgan fingerprint density at radius 3 is 2.69 bits per heavy atom. The highest BCUT2D eigenvalue weighted by Crippen LogP contribution is 2.26. The summed E-state index contributed by atoms with van der Waals surface area (Å²) in [6, 6.07) is 1.44. The van der Waals surface area contributed by atoms with Gasteiger partial charge in [-0.15, -0.1) is 0 Å². The van der Waals surface area contributed by atoms with E-state index in [1.54, 1.807) is 6.92 Å². The molecule has 0 bridgehead atoms. The van der Waals surface area contributed by atoms with E-state index in [-0.39, 0.29) is 17.8 Å². The molecule has 0 aromatic carbocycles. The van der Waals surface area contributed by atoms with Crippen molar-refractivity contribution in [1.82, 2.24) is 4.98 Å². The van der Waals surface area contributed by atoms with E-state index >= 15 is 0 Å². The molecule has 0 aliphatic rings. The number of alkyl halides is 2. The average Bonchev–Trinajstić information content (AvgIpc) is 2.26. The van der Waals surface area contributed by atoms with E-state index in [9.17, 15) is 13.6 Å². The van der Waals surface area contributed by atoms with Gasteiger partial charge in [0.15, 0.2) is 5.69 Å². The fourth-order valence-corrected chi connectivity index (χ4v) is 1.42. The minimum absolute atomic E-state index is 0.0764. The lowest BCUT2D eigenvalue weighted by Crippen LogP contribution is -2.14. The van der Waals surface area contributed by atoms with Gasteiger partial charge >= 0.3 is 5.97 Å². The molecule has 1 aromatic heterocycles. The highest BCUT2D eigenvalue weighted by Gasteiger charge is 2.24. The minimum Gasteiger partial charge on any atom is -0.464 e. The third-order valence-electron chi connectivity index (χ3n) is 2.09. The summed E-state index contributed by atoms with van der Waals surface area (Å²) >= 11 is 0. The van der Waals surface area contributed by atoms with Crippen LogP contribution in [0, 0.1) is 6.92 Å². The molecule has 0 aliphatic heterocycles. The number of rotatable bonds is 3. The third-order valence-corrected chi connectivity index (χ3v) is 2.09. The Bertz CT molecular complexity index is 408. The number of aryl methyl sites for hydroxylation is 1. The van der Waals surface area contributed by atoms with Crippen molar-refractivity contribution in [3.05, 3.63) is 28.6 Å². The molecule has 0 unspecified atom stereocenters. The number of carbonyl (C=O) groups excluding carboxylic acids is 1. The molecule has 16 heavy (non-hydrogen) atoms. The van der Waals surface area contributed by atoms with E-state index in [4.69, 9.17) is 5.73 Å². The number of carbonyl (C=O) groups is 1. The van der Waals surface area contributed by atoms with E-state index in [0.29, 0.717) is 5.69 Å². The van der Waals surface area contributed by atoms with Crippen LogP contribution in [0.2, 0.25) is 0 Å². The summed E-state index contributed by atoms with van der Waals surface area (Å²) in [5.74, 6) is -0.881. The number of nitrogens with zero attached hydrogens (tertiary/aromatic N) is 1. The van der Waals surface area contributed by atoms with Crippen LogP contribution >= 0.6 is 0 Å². The van der Waals surface area contributed by atoms with Gasteiger partial charge in [0, 0.05) is 12.2 Å². The maximum atomic E-state index is 12.8. The summed E-state index contributed by atoms with van der Waals surface area (Å²) < 4.78 is 30.0. The monoisotopic (exact) mass is 230 g/mol. The highest BCUT2D eigenvalue weighted by molar-refractivity contribution is 5.89. The molecule has 6 heteroatoms. The molecule has 0 saturated carbocycles. The van der Waals surface area contributed by atoms with Gasteiger partial charge in [-0.25, -0.2) is 18.6 Å². The second-order valence-corrected chi connectivity index (χ2v) is 3.18. The molecule has 0 radical (unpaired) electrons. The van der Waals surface area contributed by atoms with Gasteiger partial charge in [0.05, 0.1) is 12.7 Å². The summed E-state index contributed by atoms with van der Waals surface area (Å²) in [6.07, 6.45) is -2.80. The molecule has 0 spiro atoms. The Labute approximate surface area is 91.4 Å². The van der Waals surface area contributed by atoms with Gasteiger partial charge in [-0.3, -0.25) is 0 Å². The first-order valence-corrected chi connectivity index (χ1v) is 4.58. The summed E-state index contributed by atoms with van der Waals surface area (Å²) in [6.45, 7) is 1.52. The van der Waals surface area contributed by atoms with Gasteiger partial charge in [-0.2, -0.15) is 0 Å². The Morgan fingerprint density at radius 1 is 1.62 bits per heavy atom. The second-order valence-electron chi connectivity index (χ2n) is 3.18. The van der Waals surface area contributed by atoms with Gasteiger partial charge < -0.3 is 10.5 Å². The fraction of sp³-hybridized carbons (Fsp3) is 0.400. The normalized spacial score (nSPS) is 10.6. The Balaban J connectivity index is 3.44. The number of methoxy groups -OCH3 is 1. The topological polar surface area (TPSA) is 65.2 Å². The van der Waals surface area contributed by atoms with Gasteiger partial charge in [0.1, 0.15) is 0 Å². The van der Waals surface area contributed by atoms with Crippen molar-refractivity contribution in [2.24, 2.45) is 5.73 Å². The zero-order chi connectivity index (χ0) is 12.3. The number of pyridine rings is 1. The maximum absolute atomic E-state index is 12.8. The van der Waals surface area contributed by atoms with E-state index in [0.717, 1.165) is 7.11 Å². The van der Waals surface area contributed by atoms with E-state index in [1.807, 2.05) is 0 Å². The largest absolute Gasteiger partial charge is 0.464 e. The quantitative estimate of drug-likeness (QED) is 0.800. The molecule has 0 aliphatic carbocycles. The van der Waals surface area contributed by atoms with Crippen molar-refractivity contribution >= 4 is 5.97 Å². The summed E-state index contributed by atoms with van der Waals surface area (Å²) in [7, 11) is 1.11. The molecule has 1 rings (SSSR count). The first-order chi connectivity index (χ1) is 7.51. The van der Waals surface area contributed by atoms with Crippen molar-refractivity contribution in [3.8, 4) is 0 Å². The lowest BCUT2D eigenvalue weighted by molar-refractivity contribution is 0.0580. The SMILES string of the molecule is COC(=O)c1nc(C)cc(CN)c1C(F)F. The van der Waals surface area contributed by atoms with Crippen molar-refractivity contribution in [1.29, 1.82) is 0 Å². The summed E-state index contributed by atoms with van der Waals surface area (Å²) in [4.78, 5) is 15.1. The van der Waals surface area contributed by atoms with E-state index < -0.39 is 18.0 Å². The van der Waals surface area contributed by atoms with Crippen LogP contribution in [0.1, 0.15) is 33.7 Å². The lowest BCUT2D eigenvalue weighted by Gasteiger charge is -2.12. The number of halogens is 2. The van der Waals surface area contributed by atoms with Crippen LogP contribution in [-0.2, 0) is 11.3 Å². The zero-order valence-corrected chi connectivity index (χ0v) is 8.96. The Hall–Kier alpha value is -1.56. The summed E-state index contributed by atoms with van der Waals surface area (Å²) in [5.41, 5.74) is 5.21. The number of nitrogens with two attached hydrogens (primary N) is 1. The zero-order valence-electron chi connectivity index (χ0n) is 8.96. The highest BCUT2D eigenvalue weighted by atomic mass is 19.3. The molecule has 0 fully saturated rings. The Kier molecular flexibility index (Phi) is 3.89. The molecule has 0 amide bonds. The van der Waals surface area contributed by atoms with Crippen molar-refractivity contribution in [2.75, 3.05) is 7.11 Å². The molecule has 1 heterocycles. The van der Waals surface area contributed by atoms with Crippen molar-refractivity contribution < 1.29 is 18.3 Å². The van der Waals surface area contributed by atoms with Crippen LogP contribution < -0.4 is 5.73 Å². The first kappa shape index (κ1) is 12.5. The molecule has 2 N–H and O–H groups in total. The predicted molar refractivity (Wildman–Crippen MR) is 53.2 cm³/mol. The van der Waals surface area contributed by atoms with Crippen LogP contribution in [0.15, 0.2) is 6.07 Å². The third kappa shape index (κ3) is 2.33. The Morgan fingerprint density at radius 2 is 2.25 bits per heavy atom. The van der Waals surface area contributed by atoms with Crippen molar-refractivity contribution in [3.63, 3.8) is 0 Å². The van der Waals surface area contributed by atoms with Gasteiger partial charge in [0.2, 0.25) is 0 Å². The number of hydrogen-bond acceptors (Lipinski definition) is 4. The molecular weight excluding hydrogens is 218 g/mol. The number of aromatic nitrogens is 1. The number of esters is 1. The summed E-state index contributed by atoms with van der Waals surface area (Å²) in [5, 5.41) is 0. The fourth-order valence-electron chi connectivity index (χ4n) is 1.42. The van der Waals surface area contributed by atoms with E-state index in [2.05, 4.69) is 9.72 Å². The second kappa shape index (κ2) is 4.98. The molecule has 0 saturated heterocycles. The van der Waals surface area contributed by atoms with Gasteiger partial charge in [-0.05, 0) is 18.6 Å². The molecule has 1 aromatic rings. The standard InChI is InChI=1S/C10H12F2N2O2/c1-5-3-6(4-13)7(9(11)12)8(14-5)10(15)16-2/h3,9H,4,13H2,1-2H3. The average molecular weight is 230 g/mol. The minimum atomic E-state index is -2.80. The smallest absolute Gasteiger partial charge is 0.357 e. The number of hydrogen-bond donors (Lipinski definition) is 1. The molecule has 88 valence electrons. The lowest BCUT2D eigenvalue weighted by atomic mass is 10.1. The van der Waals surface area contributed by atoms with Crippen LogP contribution in [0.5, 0.6) is 0 Å². The van der Waals surface area contributed by atoms with Gasteiger partial charge in [-0.1, -0.05) is 0 Å². The van der Waals surface area contributed by atoms with Gasteiger partial charge in [0.25, 0.3) is 6.43 Å². The molecule has 4 nitrogen and oxygen atoms in total. The van der Waals surface area contributed by atoms with Crippen molar-refractivity contribution in [2.45, 2.75) is 19.9 Å². The predicted octanol–water partition coefficient (Wildman–Crippen LogP) is 1.57.